The summed E-state index contributed by atoms with van der Waals surface area (Å²) in [6, 6.07) is 29.4. The van der Waals surface area contributed by atoms with Crippen LogP contribution in [0.4, 0.5) is 5.82 Å². The monoisotopic (exact) mass is 594 g/mol. The lowest BCUT2D eigenvalue weighted by atomic mass is 10.0. The topological polar surface area (TPSA) is 93.6 Å². The van der Waals surface area contributed by atoms with Gasteiger partial charge in [-0.05, 0) is 65.4 Å². The molecule has 220 valence electrons. The fourth-order valence-corrected chi connectivity index (χ4v) is 7.06. The normalized spacial score (nSPS) is 13.3. The van der Waals surface area contributed by atoms with Gasteiger partial charge in [0.05, 0.1) is 25.5 Å². The van der Waals surface area contributed by atoms with Gasteiger partial charge in [0.25, 0.3) is 0 Å². The van der Waals surface area contributed by atoms with Crippen LogP contribution in [0.25, 0.3) is 22.0 Å². The predicted octanol–water partition coefficient (Wildman–Crippen LogP) is 6.42. The van der Waals surface area contributed by atoms with Crippen molar-refractivity contribution in [3.05, 3.63) is 114 Å². The molecule has 5 aromatic rings. The molecular formula is C34H34N4O4S. The Hall–Kier alpha value is -4.47. The lowest BCUT2D eigenvalue weighted by Crippen LogP contribution is -2.33. The third-order valence-electron chi connectivity index (χ3n) is 7.68. The number of benzene rings is 4. The second-order valence-corrected chi connectivity index (χ2v) is 12.6. The maximum atomic E-state index is 13.5. The Labute approximate surface area is 252 Å². The molecule has 1 aliphatic carbocycles. The highest BCUT2D eigenvalue weighted by molar-refractivity contribution is 7.88. The Morgan fingerprint density at radius 1 is 0.837 bits per heavy atom. The van der Waals surface area contributed by atoms with E-state index in [1.165, 1.54) is 0 Å². The molecule has 0 saturated heterocycles. The summed E-state index contributed by atoms with van der Waals surface area (Å²) in [6.45, 7) is 0.855. The van der Waals surface area contributed by atoms with E-state index in [0.29, 0.717) is 18.9 Å². The van der Waals surface area contributed by atoms with Crippen LogP contribution in [0.15, 0.2) is 97.3 Å². The number of anilines is 1. The van der Waals surface area contributed by atoms with Gasteiger partial charge in [-0.25, -0.2) is 18.4 Å². The van der Waals surface area contributed by atoms with E-state index < -0.39 is 10.0 Å². The molecule has 1 saturated carbocycles. The van der Waals surface area contributed by atoms with Crippen molar-refractivity contribution in [2.24, 2.45) is 0 Å². The van der Waals surface area contributed by atoms with E-state index in [1.54, 1.807) is 24.9 Å². The molecule has 6 rings (SSSR count). The predicted molar refractivity (Wildman–Crippen MR) is 169 cm³/mol. The Morgan fingerprint density at radius 3 is 2.40 bits per heavy atom. The van der Waals surface area contributed by atoms with Crippen molar-refractivity contribution in [2.45, 2.75) is 37.7 Å². The molecular weight excluding hydrogens is 560 g/mol. The lowest BCUT2D eigenvalue weighted by Gasteiger charge is -2.22. The standard InChI is InChI=1S/C34H34N4O4S/c1-41-30-15-11-28(33(19-30)42-2)20-35-34-31-18-27(12-16-32(31)36-23-37-34)26-10-6-9-25(17-26)21-38(29-13-14-29)43(39,40)22-24-7-4-3-5-8-24/h3-12,15-19,23,29H,13-14,20-22H2,1-2H3,(H,35,36,37). The highest BCUT2D eigenvalue weighted by atomic mass is 32.2. The molecule has 9 heteroatoms. The number of nitrogens with zero attached hydrogens (tertiary/aromatic N) is 3. The Balaban J connectivity index is 1.24. The minimum Gasteiger partial charge on any atom is -0.497 e. The van der Waals surface area contributed by atoms with Crippen molar-refractivity contribution in [1.82, 2.24) is 14.3 Å². The van der Waals surface area contributed by atoms with E-state index in [2.05, 4.69) is 27.4 Å². The molecule has 1 aliphatic rings. The third kappa shape index (κ3) is 6.63. The summed E-state index contributed by atoms with van der Waals surface area (Å²) in [5.41, 5.74) is 5.56. The molecule has 8 nitrogen and oxygen atoms in total. The highest BCUT2D eigenvalue weighted by Gasteiger charge is 2.37. The minimum atomic E-state index is -3.47. The first kappa shape index (κ1) is 28.6. The van der Waals surface area contributed by atoms with Crippen molar-refractivity contribution in [1.29, 1.82) is 0 Å². The van der Waals surface area contributed by atoms with Gasteiger partial charge >= 0.3 is 0 Å². The van der Waals surface area contributed by atoms with Crippen molar-refractivity contribution in [3.8, 4) is 22.6 Å². The molecule has 0 aliphatic heterocycles. The van der Waals surface area contributed by atoms with Gasteiger partial charge in [0.15, 0.2) is 0 Å². The van der Waals surface area contributed by atoms with E-state index in [1.807, 2.05) is 78.9 Å². The van der Waals surface area contributed by atoms with E-state index in [4.69, 9.17) is 9.47 Å². The fourth-order valence-electron chi connectivity index (χ4n) is 5.27. The second-order valence-electron chi connectivity index (χ2n) is 10.7. The minimum absolute atomic E-state index is 0.00683. The van der Waals surface area contributed by atoms with Crippen LogP contribution in [0.5, 0.6) is 11.5 Å². The van der Waals surface area contributed by atoms with Crippen LogP contribution < -0.4 is 14.8 Å². The summed E-state index contributed by atoms with van der Waals surface area (Å²) in [7, 11) is -0.199. The maximum Gasteiger partial charge on any atom is 0.218 e. The Morgan fingerprint density at radius 2 is 1.63 bits per heavy atom. The van der Waals surface area contributed by atoms with Crippen LogP contribution in [0.2, 0.25) is 0 Å². The summed E-state index contributed by atoms with van der Waals surface area (Å²) < 4.78 is 39.5. The number of nitrogens with one attached hydrogen (secondary N) is 1. The summed E-state index contributed by atoms with van der Waals surface area (Å²) in [5.74, 6) is 2.18. The maximum absolute atomic E-state index is 13.5. The number of fused-ring (bicyclic) bond motifs is 1. The summed E-state index contributed by atoms with van der Waals surface area (Å²) in [5, 5.41) is 4.33. The molecule has 0 spiro atoms. The van der Waals surface area contributed by atoms with Crippen LogP contribution in [-0.2, 0) is 28.9 Å². The average Bonchev–Trinajstić information content (AvgIpc) is 3.88. The highest BCUT2D eigenvalue weighted by Crippen LogP contribution is 2.34. The first-order valence-electron chi connectivity index (χ1n) is 14.3. The second kappa shape index (κ2) is 12.4. The number of aromatic nitrogens is 2. The molecule has 0 unspecified atom stereocenters. The van der Waals surface area contributed by atoms with Gasteiger partial charge in [-0.1, -0.05) is 54.6 Å². The smallest absolute Gasteiger partial charge is 0.218 e. The molecule has 4 aromatic carbocycles. The van der Waals surface area contributed by atoms with Crippen LogP contribution in [-0.4, -0.2) is 43.0 Å². The van der Waals surface area contributed by atoms with Gasteiger partial charge in [-0.2, -0.15) is 4.31 Å². The van der Waals surface area contributed by atoms with Gasteiger partial charge in [0.2, 0.25) is 10.0 Å². The Kier molecular flexibility index (Phi) is 8.26. The number of hydrogen-bond acceptors (Lipinski definition) is 7. The molecule has 0 radical (unpaired) electrons. The van der Waals surface area contributed by atoms with Crippen LogP contribution >= 0.6 is 0 Å². The van der Waals surface area contributed by atoms with Gasteiger partial charge < -0.3 is 14.8 Å². The van der Waals surface area contributed by atoms with E-state index in [0.717, 1.165) is 63.1 Å². The molecule has 1 heterocycles. The molecule has 43 heavy (non-hydrogen) atoms. The average molecular weight is 595 g/mol. The number of rotatable bonds is 12. The third-order valence-corrected chi connectivity index (χ3v) is 9.52. The first-order valence-corrected chi connectivity index (χ1v) is 15.9. The number of sulfonamides is 1. The quantitative estimate of drug-likeness (QED) is 0.178. The molecule has 1 fully saturated rings. The zero-order valence-corrected chi connectivity index (χ0v) is 25.0. The molecule has 0 bridgehead atoms. The van der Waals surface area contributed by atoms with Crippen molar-refractivity contribution >= 4 is 26.7 Å². The van der Waals surface area contributed by atoms with Gasteiger partial charge in [-0.15, -0.1) is 0 Å². The van der Waals surface area contributed by atoms with E-state index in [-0.39, 0.29) is 11.8 Å². The fraction of sp³-hybridized carbons (Fsp3) is 0.235. The molecule has 0 atom stereocenters. The van der Waals surface area contributed by atoms with Crippen LogP contribution in [0.1, 0.15) is 29.5 Å². The van der Waals surface area contributed by atoms with E-state index >= 15 is 0 Å². The molecule has 1 aromatic heterocycles. The van der Waals surface area contributed by atoms with Crippen LogP contribution in [0, 0.1) is 0 Å². The first-order chi connectivity index (χ1) is 20.9. The van der Waals surface area contributed by atoms with Crippen molar-refractivity contribution in [2.75, 3.05) is 19.5 Å². The lowest BCUT2D eigenvalue weighted by molar-refractivity contribution is 0.391. The molecule has 0 amide bonds. The van der Waals surface area contributed by atoms with E-state index in [9.17, 15) is 8.42 Å². The number of ether oxygens (including phenoxy) is 2. The zero-order chi connectivity index (χ0) is 29.8. The summed E-state index contributed by atoms with van der Waals surface area (Å²) in [6.07, 6.45) is 3.35. The number of hydrogen-bond donors (Lipinski definition) is 1. The van der Waals surface area contributed by atoms with Gasteiger partial charge in [-0.3, -0.25) is 0 Å². The van der Waals surface area contributed by atoms with Gasteiger partial charge in [0, 0.05) is 36.1 Å². The summed E-state index contributed by atoms with van der Waals surface area (Å²) in [4.78, 5) is 9.00. The Bertz CT molecular complexity index is 1840. The largest absolute Gasteiger partial charge is 0.497 e. The van der Waals surface area contributed by atoms with Crippen LogP contribution in [0.3, 0.4) is 0 Å². The van der Waals surface area contributed by atoms with Crippen molar-refractivity contribution < 1.29 is 17.9 Å². The SMILES string of the molecule is COc1ccc(CNc2ncnc3ccc(-c4cccc(CN(C5CC5)S(=O)(=O)Cc5ccccc5)c4)cc23)c(OC)c1. The van der Waals surface area contributed by atoms with Gasteiger partial charge in [0.1, 0.15) is 23.6 Å². The summed E-state index contributed by atoms with van der Waals surface area (Å²) >= 11 is 0. The molecule has 1 N–H and O–H groups in total. The van der Waals surface area contributed by atoms with Crippen molar-refractivity contribution in [3.63, 3.8) is 0 Å². The zero-order valence-electron chi connectivity index (χ0n) is 24.2. The number of methoxy groups -OCH3 is 2.